The predicted molar refractivity (Wildman–Crippen MR) is 54.4 cm³/mol. The van der Waals surface area contributed by atoms with Gasteiger partial charge in [-0.1, -0.05) is 0 Å². The minimum Gasteiger partial charge on any atom is -0.301 e. The van der Waals surface area contributed by atoms with Crippen LogP contribution in [0.5, 0.6) is 0 Å². The number of aryl methyl sites for hydroxylation is 1. The third-order valence-corrected chi connectivity index (χ3v) is 2.34. The Morgan fingerprint density at radius 2 is 2.14 bits per heavy atom. The summed E-state index contributed by atoms with van der Waals surface area (Å²) in [4.78, 5) is 33.2. The van der Waals surface area contributed by atoms with E-state index in [1.807, 2.05) is 0 Å². The fourth-order valence-corrected chi connectivity index (χ4v) is 1.54. The highest BCUT2D eigenvalue weighted by Gasteiger charge is 2.07. The van der Waals surface area contributed by atoms with Crippen molar-refractivity contribution in [3.63, 3.8) is 0 Å². The number of hydrogen-bond acceptors (Lipinski definition) is 3. The van der Waals surface area contributed by atoms with Crippen LogP contribution in [0.25, 0.3) is 0 Å². The Hall–Kier alpha value is -1.17. The largest absolute Gasteiger partial charge is 0.331 e. The third kappa shape index (κ3) is 1.84. The Bertz CT molecular complexity index is 461. The molecule has 76 valence electrons. The van der Waals surface area contributed by atoms with Crippen molar-refractivity contribution in [3.05, 3.63) is 31.5 Å². The van der Waals surface area contributed by atoms with Crippen molar-refractivity contribution in [1.29, 1.82) is 0 Å². The quantitative estimate of drug-likeness (QED) is 0.719. The van der Waals surface area contributed by atoms with Crippen molar-refractivity contribution in [3.8, 4) is 0 Å². The average Bonchev–Trinajstić information content (AvgIpc) is 2.18. The highest BCUT2D eigenvalue weighted by atomic mass is 79.9. The number of nitrogens with zero attached hydrogens (tertiary/aromatic N) is 2. The number of carbonyl (C=O) groups excluding carboxylic acids is 1. The molecule has 0 aliphatic rings. The van der Waals surface area contributed by atoms with E-state index in [0.29, 0.717) is 12.8 Å². The highest BCUT2D eigenvalue weighted by molar-refractivity contribution is 9.10. The topological polar surface area (TPSA) is 61.1 Å². The van der Waals surface area contributed by atoms with Gasteiger partial charge in [-0.3, -0.25) is 13.9 Å². The van der Waals surface area contributed by atoms with Crippen molar-refractivity contribution >= 4 is 22.2 Å². The molecule has 0 atom stereocenters. The molecule has 0 aromatic carbocycles. The lowest BCUT2D eigenvalue weighted by atomic mass is 10.5. The van der Waals surface area contributed by atoms with E-state index in [9.17, 15) is 14.4 Å². The van der Waals surface area contributed by atoms with Gasteiger partial charge < -0.3 is 4.79 Å². The first-order valence-corrected chi connectivity index (χ1v) is 4.84. The van der Waals surface area contributed by atoms with Gasteiger partial charge in [0.2, 0.25) is 0 Å². The van der Waals surface area contributed by atoms with Gasteiger partial charge in [0.25, 0.3) is 5.56 Å². The molecule has 0 radical (unpaired) electrons. The molecule has 0 spiro atoms. The Kier molecular flexibility index (Phi) is 3.40. The van der Waals surface area contributed by atoms with Gasteiger partial charge in [-0.15, -0.1) is 0 Å². The monoisotopic (exact) mass is 260 g/mol. The minimum atomic E-state index is -0.480. The van der Waals surface area contributed by atoms with E-state index < -0.39 is 11.2 Å². The molecule has 0 bridgehead atoms. The zero-order valence-corrected chi connectivity index (χ0v) is 9.15. The number of carbonyl (C=O) groups is 1. The molecule has 0 N–H and O–H groups in total. The van der Waals surface area contributed by atoms with Gasteiger partial charge in [0, 0.05) is 12.7 Å². The summed E-state index contributed by atoms with van der Waals surface area (Å²) in [7, 11) is 0. The maximum atomic E-state index is 11.5. The summed E-state index contributed by atoms with van der Waals surface area (Å²) in [6, 6.07) is 0. The summed E-state index contributed by atoms with van der Waals surface area (Å²) in [6.45, 7) is 2.03. The lowest BCUT2D eigenvalue weighted by Gasteiger charge is -2.06. The number of hydrogen-bond donors (Lipinski definition) is 0. The third-order valence-electron chi connectivity index (χ3n) is 1.79. The number of rotatable bonds is 3. The van der Waals surface area contributed by atoms with Crippen LogP contribution in [0, 0.1) is 0 Å². The van der Waals surface area contributed by atoms with Crippen LogP contribution >= 0.6 is 15.9 Å². The molecule has 0 saturated heterocycles. The van der Waals surface area contributed by atoms with Crippen LogP contribution in [0.1, 0.15) is 6.92 Å². The van der Waals surface area contributed by atoms with Crippen LogP contribution in [0.15, 0.2) is 20.3 Å². The molecule has 0 amide bonds. The van der Waals surface area contributed by atoms with Crippen molar-refractivity contribution in [2.45, 2.75) is 20.0 Å². The van der Waals surface area contributed by atoms with Crippen molar-refractivity contribution < 1.29 is 4.79 Å². The molecule has 1 aromatic heterocycles. The van der Waals surface area contributed by atoms with E-state index in [2.05, 4.69) is 15.9 Å². The van der Waals surface area contributed by atoms with E-state index in [4.69, 9.17) is 0 Å². The lowest BCUT2D eigenvalue weighted by Crippen LogP contribution is -2.40. The van der Waals surface area contributed by atoms with Crippen LogP contribution in [0.2, 0.25) is 0 Å². The van der Waals surface area contributed by atoms with E-state index in [1.165, 1.54) is 10.8 Å². The molecule has 0 aliphatic carbocycles. The molecule has 1 aromatic rings. The second-order valence-corrected chi connectivity index (χ2v) is 3.48. The normalized spacial score (nSPS) is 10.1. The first-order chi connectivity index (χ1) is 6.61. The first-order valence-electron chi connectivity index (χ1n) is 4.05. The second-order valence-electron chi connectivity index (χ2n) is 2.63. The number of aromatic nitrogens is 2. The molecular formula is C8H9BrN2O3. The van der Waals surface area contributed by atoms with Crippen LogP contribution < -0.4 is 11.2 Å². The molecule has 0 unspecified atom stereocenters. The van der Waals surface area contributed by atoms with Gasteiger partial charge in [-0.25, -0.2) is 4.79 Å². The van der Waals surface area contributed by atoms with Gasteiger partial charge in [0.15, 0.2) is 0 Å². The Morgan fingerprint density at radius 3 is 2.64 bits per heavy atom. The summed E-state index contributed by atoms with van der Waals surface area (Å²) in [5.41, 5.74) is -0.945. The first kappa shape index (κ1) is 10.9. The van der Waals surface area contributed by atoms with Crippen LogP contribution in [-0.2, 0) is 17.9 Å². The molecule has 1 rings (SSSR count). The van der Waals surface area contributed by atoms with Crippen LogP contribution in [-0.4, -0.2) is 15.4 Å². The Balaban J connectivity index is 3.53. The van der Waals surface area contributed by atoms with Gasteiger partial charge >= 0.3 is 5.69 Å². The summed E-state index contributed by atoms with van der Waals surface area (Å²) in [5.74, 6) is 0. The molecule has 0 saturated carbocycles. The van der Waals surface area contributed by atoms with Crippen LogP contribution in [0.4, 0.5) is 0 Å². The summed E-state index contributed by atoms with van der Waals surface area (Å²) >= 11 is 3.03. The Labute approximate surface area is 88.1 Å². The minimum absolute atomic E-state index is 0.211. The zero-order chi connectivity index (χ0) is 10.7. The summed E-state index contributed by atoms with van der Waals surface area (Å²) in [6.07, 6.45) is 1.95. The van der Waals surface area contributed by atoms with E-state index >= 15 is 0 Å². The molecule has 0 aliphatic heterocycles. The smallest absolute Gasteiger partial charge is 0.301 e. The molecule has 1 heterocycles. The molecule has 5 nitrogen and oxygen atoms in total. The maximum Gasteiger partial charge on any atom is 0.331 e. The maximum absolute atomic E-state index is 11.5. The fraction of sp³-hybridized carbons (Fsp3) is 0.375. The van der Waals surface area contributed by atoms with E-state index in [0.717, 1.165) is 4.57 Å². The molecule has 0 fully saturated rings. The lowest BCUT2D eigenvalue weighted by molar-refractivity contribution is -0.108. The zero-order valence-electron chi connectivity index (χ0n) is 7.57. The standard InChI is InChI=1S/C8H9BrN2O3/c1-2-10-5-6(9)7(13)11(3-4-12)8(10)14/h4-5H,2-3H2,1H3. The van der Waals surface area contributed by atoms with E-state index in [1.54, 1.807) is 6.92 Å². The molecule has 6 heteroatoms. The van der Waals surface area contributed by atoms with Gasteiger partial charge in [0.05, 0.1) is 11.0 Å². The number of halogens is 1. The van der Waals surface area contributed by atoms with Gasteiger partial charge in [0.1, 0.15) is 6.29 Å². The number of aldehydes is 1. The molecular weight excluding hydrogens is 252 g/mol. The SMILES string of the molecule is CCn1cc(Br)c(=O)n(CC=O)c1=O. The van der Waals surface area contributed by atoms with Crippen molar-refractivity contribution in [2.24, 2.45) is 0 Å². The van der Waals surface area contributed by atoms with Gasteiger partial charge in [-0.05, 0) is 22.9 Å². The van der Waals surface area contributed by atoms with Gasteiger partial charge in [-0.2, -0.15) is 0 Å². The average molecular weight is 261 g/mol. The highest BCUT2D eigenvalue weighted by Crippen LogP contribution is 1.98. The predicted octanol–water partition coefficient (Wildman–Crippen LogP) is -0.00870. The summed E-state index contributed by atoms with van der Waals surface area (Å²) < 4.78 is 2.52. The van der Waals surface area contributed by atoms with E-state index in [-0.39, 0.29) is 11.0 Å². The van der Waals surface area contributed by atoms with Crippen LogP contribution in [0.3, 0.4) is 0 Å². The molecule has 14 heavy (non-hydrogen) atoms. The van der Waals surface area contributed by atoms with Crippen molar-refractivity contribution in [1.82, 2.24) is 9.13 Å². The van der Waals surface area contributed by atoms with Crippen molar-refractivity contribution in [2.75, 3.05) is 0 Å². The fourth-order valence-electron chi connectivity index (χ4n) is 1.08. The summed E-state index contributed by atoms with van der Waals surface area (Å²) in [5, 5.41) is 0. The Morgan fingerprint density at radius 1 is 1.50 bits per heavy atom. The second kappa shape index (κ2) is 4.36.